The summed E-state index contributed by atoms with van der Waals surface area (Å²) in [6, 6.07) is 7.88. The monoisotopic (exact) mass is 311 g/mol. The SMILES string of the molecule is NC(=O)CCc1cccc(C2CCN(c3ncccn3)CC2)n1. The van der Waals surface area contributed by atoms with Crippen LogP contribution in [0.3, 0.4) is 0 Å². The van der Waals surface area contributed by atoms with Crippen LogP contribution in [0.25, 0.3) is 0 Å². The van der Waals surface area contributed by atoms with E-state index in [2.05, 4.69) is 20.9 Å². The Balaban J connectivity index is 1.61. The molecule has 0 bridgehead atoms. The number of carbonyl (C=O) groups excluding carboxylic acids is 1. The second-order valence-electron chi connectivity index (χ2n) is 5.83. The molecule has 1 amide bonds. The van der Waals surface area contributed by atoms with Gasteiger partial charge in [-0.25, -0.2) is 9.97 Å². The van der Waals surface area contributed by atoms with E-state index in [1.165, 1.54) is 0 Å². The van der Waals surface area contributed by atoms with Crippen LogP contribution in [0.1, 0.15) is 36.6 Å². The first-order valence-electron chi connectivity index (χ1n) is 7.98. The van der Waals surface area contributed by atoms with E-state index in [4.69, 9.17) is 10.7 Å². The first kappa shape index (κ1) is 15.4. The van der Waals surface area contributed by atoms with Gasteiger partial charge in [0.1, 0.15) is 0 Å². The van der Waals surface area contributed by atoms with Crippen molar-refractivity contribution in [2.75, 3.05) is 18.0 Å². The maximum atomic E-state index is 10.9. The van der Waals surface area contributed by atoms with Crippen molar-refractivity contribution in [2.24, 2.45) is 5.73 Å². The summed E-state index contributed by atoms with van der Waals surface area (Å²) in [6.07, 6.45) is 6.57. The van der Waals surface area contributed by atoms with Crippen molar-refractivity contribution < 1.29 is 4.79 Å². The average molecular weight is 311 g/mol. The number of piperidine rings is 1. The highest BCUT2D eigenvalue weighted by molar-refractivity contribution is 5.73. The molecular weight excluding hydrogens is 290 g/mol. The van der Waals surface area contributed by atoms with E-state index in [1.807, 2.05) is 18.2 Å². The van der Waals surface area contributed by atoms with Gasteiger partial charge in [0, 0.05) is 49.2 Å². The van der Waals surface area contributed by atoms with E-state index < -0.39 is 0 Å². The zero-order valence-electron chi connectivity index (χ0n) is 13.1. The van der Waals surface area contributed by atoms with E-state index in [0.29, 0.717) is 18.8 Å². The molecule has 0 radical (unpaired) electrons. The number of nitrogens with zero attached hydrogens (tertiary/aromatic N) is 4. The third kappa shape index (κ3) is 4.03. The molecule has 23 heavy (non-hydrogen) atoms. The number of hydrogen-bond donors (Lipinski definition) is 1. The van der Waals surface area contributed by atoms with Crippen LogP contribution in [0.4, 0.5) is 5.95 Å². The molecule has 0 aromatic carbocycles. The van der Waals surface area contributed by atoms with Crippen molar-refractivity contribution in [1.29, 1.82) is 0 Å². The molecular formula is C17H21N5O. The molecule has 2 aromatic rings. The van der Waals surface area contributed by atoms with E-state index in [0.717, 1.165) is 43.3 Å². The summed E-state index contributed by atoms with van der Waals surface area (Å²) in [6.45, 7) is 1.86. The van der Waals surface area contributed by atoms with Crippen LogP contribution in [-0.2, 0) is 11.2 Å². The Labute approximate surface area is 135 Å². The van der Waals surface area contributed by atoms with Crippen molar-refractivity contribution in [1.82, 2.24) is 15.0 Å². The van der Waals surface area contributed by atoms with Crippen molar-refractivity contribution >= 4 is 11.9 Å². The smallest absolute Gasteiger partial charge is 0.225 e. The summed E-state index contributed by atoms with van der Waals surface area (Å²) in [5.74, 6) is 0.964. The van der Waals surface area contributed by atoms with Crippen LogP contribution in [0.2, 0.25) is 0 Å². The quantitative estimate of drug-likeness (QED) is 0.908. The molecule has 2 aromatic heterocycles. The summed E-state index contributed by atoms with van der Waals surface area (Å²) < 4.78 is 0. The number of amides is 1. The number of carbonyl (C=O) groups is 1. The van der Waals surface area contributed by atoms with Gasteiger partial charge in [-0.3, -0.25) is 9.78 Å². The number of aryl methyl sites for hydroxylation is 1. The highest BCUT2D eigenvalue weighted by Gasteiger charge is 2.23. The van der Waals surface area contributed by atoms with E-state index in [-0.39, 0.29) is 5.91 Å². The molecule has 0 atom stereocenters. The number of hydrogen-bond acceptors (Lipinski definition) is 5. The van der Waals surface area contributed by atoms with Crippen LogP contribution >= 0.6 is 0 Å². The molecule has 1 aliphatic rings. The molecule has 1 aliphatic heterocycles. The van der Waals surface area contributed by atoms with E-state index in [9.17, 15) is 4.79 Å². The minimum absolute atomic E-state index is 0.284. The summed E-state index contributed by atoms with van der Waals surface area (Å²) in [5.41, 5.74) is 7.26. The molecule has 0 spiro atoms. The topological polar surface area (TPSA) is 85.0 Å². The van der Waals surface area contributed by atoms with Gasteiger partial charge in [0.25, 0.3) is 0 Å². The molecule has 3 heterocycles. The Morgan fingerprint density at radius 3 is 2.61 bits per heavy atom. The molecule has 0 saturated carbocycles. The predicted molar refractivity (Wildman–Crippen MR) is 88.0 cm³/mol. The maximum Gasteiger partial charge on any atom is 0.225 e. The number of primary amides is 1. The Hall–Kier alpha value is -2.50. The Kier molecular flexibility index (Phi) is 4.80. The Bertz CT molecular complexity index is 653. The Morgan fingerprint density at radius 1 is 1.17 bits per heavy atom. The average Bonchev–Trinajstić information content (AvgIpc) is 2.61. The first-order chi connectivity index (χ1) is 11.2. The number of anilines is 1. The molecule has 1 saturated heterocycles. The van der Waals surface area contributed by atoms with Crippen molar-refractivity contribution in [3.63, 3.8) is 0 Å². The lowest BCUT2D eigenvalue weighted by atomic mass is 9.93. The van der Waals surface area contributed by atoms with Crippen LogP contribution in [0, 0.1) is 0 Å². The molecule has 0 aliphatic carbocycles. The van der Waals surface area contributed by atoms with E-state index >= 15 is 0 Å². The van der Waals surface area contributed by atoms with Gasteiger partial charge in [-0.05, 0) is 37.5 Å². The van der Waals surface area contributed by atoms with Gasteiger partial charge in [-0.1, -0.05) is 6.07 Å². The molecule has 1 fully saturated rings. The van der Waals surface area contributed by atoms with Crippen LogP contribution < -0.4 is 10.6 Å². The normalized spacial score (nSPS) is 15.6. The molecule has 120 valence electrons. The third-order valence-electron chi connectivity index (χ3n) is 4.20. The van der Waals surface area contributed by atoms with Gasteiger partial charge in [0.15, 0.2) is 0 Å². The predicted octanol–water partition coefficient (Wildman–Crippen LogP) is 1.67. The lowest BCUT2D eigenvalue weighted by molar-refractivity contribution is -0.118. The highest BCUT2D eigenvalue weighted by Crippen LogP contribution is 2.28. The van der Waals surface area contributed by atoms with Gasteiger partial charge in [0.2, 0.25) is 11.9 Å². The number of pyridine rings is 1. The largest absolute Gasteiger partial charge is 0.370 e. The maximum absolute atomic E-state index is 10.9. The van der Waals surface area contributed by atoms with Crippen LogP contribution in [0.15, 0.2) is 36.7 Å². The standard InChI is InChI=1S/C17H21N5O/c18-16(23)6-5-14-3-1-4-15(21-14)13-7-11-22(12-8-13)17-19-9-2-10-20-17/h1-4,9-10,13H,5-8,11-12H2,(H2,18,23). The molecule has 6 nitrogen and oxygen atoms in total. The lowest BCUT2D eigenvalue weighted by Crippen LogP contribution is -2.34. The van der Waals surface area contributed by atoms with Crippen LogP contribution in [-0.4, -0.2) is 33.9 Å². The molecule has 0 unspecified atom stereocenters. The lowest BCUT2D eigenvalue weighted by Gasteiger charge is -2.31. The Morgan fingerprint density at radius 2 is 1.91 bits per heavy atom. The van der Waals surface area contributed by atoms with Crippen molar-refractivity contribution in [2.45, 2.75) is 31.6 Å². The minimum atomic E-state index is -0.284. The molecule has 2 N–H and O–H groups in total. The summed E-state index contributed by atoms with van der Waals surface area (Å²) in [4.78, 5) is 26.5. The van der Waals surface area contributed by atoms with Gasteiger partial charge < -0.3 is 10.6 Å². The van der Waals surface area contributed by atoms with E-state index in [1.54, 1.807) is 12.4 Å². The van der Waals surface area contributed by atoms with Gasteiger partial charge >= 0.3 is 0 Å². The van der Waals surface area contributed by atoms with Gasteiger partial charge in [-0.2, -0.15) is 0 Å². The fourth-order valence-electron chi connectivity index (χ4n) is 2.95. The van der Waals surface area contributed by atoms with Gasteiger partial charge in [-0.15, -0.1) is 0 Å². The third-order valence-corrected chi connectivity index (χ3v) is 4.20. The van der Waals surface area contributed by atoms with Crippen molar-refractivity contribution in [3.05, 3.63) is 48.0 Å². The minimum Gasteiger partial charge on any atom is -0.370 e. The number of nitrogens with two attached hydrogens (primary N) is 1. The summed E-state index contributed by atoms with van der Waals surface area (Å²) >= 11 is 0. The second kappa shape index (κ2) is 7.17. The molecule has 6 heteroatoms. The van der Waals surface area contributed by atoms with Gasteiger partial charge in [0.05, 0.1) is 0 Å². The zero-order chi connectivity index (χ0) is 16.1. The number of rotatable bonds is 5. The zero-order valence-corrected chi connectivity index (χ0v) is 13.1. The fraction of sp³-hybridized carbons (Fsp3) is 0.412. The summed E-state index contributed by atoms with van der Waals surface area (Å²) in [5, 5.41) is 0. The highest BCUT2D eigenvalue weighted by atomic mass is 16.1. The second-order valence-corrected chi connectivity index (χ2v) is 5.83. The fourth-order valence-corrected chi connectivity index (χ4v) is 2.95. The number of aromatic nitrogens is 3. The molecule has 3 rings (SSSR count). The van der Waals surface area contributed by atoms with Crippen molar-refractivity contribution in [3.8, 4) is 0 Å². The summed E-state index contributed by atoms with van der Waals surface area (Å²) in [7, 11) is 0. The first-order valence-corrected chi connectivity index (χ1v) is 7.98. The van der Waals surface area contributed by atoms with Crippen LogP contribution in [0.5, 0.6) is 0 Å².